The summed E-state index contributed by atoms with van der Waals surface area (Å²) in [4.78, 5) is 22.7. The Kier molecular flexibility index (Phi) is 12.1. The Morgan fingerprint density at radius 2 is 1.66 bits per heavy atom. The quantitative estimate of drug-likeness (QED) is 0.0426. The van der Waals surface area contributed by atoms with E-state index in [1.807, 2.05) is 66.7 Å². The van der Waals surface area contributed by atoms with Crippen molar-refractivity contribution in [2.24, 2.45) is 10.1 Å². The van der Waals surface area contributed by atoms with Crippen LogP contribution in [0.1, 0.15) is 40.3 Å². The van der Waals surface area contributed by atoms with Gasteiger partial charge in [0.05, 0.1) is 34.5 Å². The fourth-order valence-electron chi connectivity index (χ4n) is 5.78. The molecular formula is C37H40N6O7. The van der Waals surface area contributed by atoms with Crippen molar-refractivity contribution in [3.05, 3.63) is 129 Å². The lowest BCUT2D eigenvalue weighted by molar-refractivity contribution is -0.130. The van der Waals surface area contributed by atoms with Crippen molar-refractivity contribution in [1.82, 2.24) is 10.9 Å². The number of aliphatic hydroxyl groups excluding tert-OH is 1. The minimum atomic E-state index is -1.50. The third-order valence-corrected chi connectivity index (χ3v) is 8.21. The Balaban J connectivity index is 1.54. The molecule has 0 unspecified atom stereocenters. The molecule has 4 aromatic carbocycles. The van der Waals surface area contributed by atoms with Crippen molar-refractivity contribution in [3.8, 4) is 23.0 Å². The van der Waals surface area contributed by atoms with Gasteiger partial charge in [0.1, 0.15) is 5.75 Å². The van der Waals surface area contributed by atoms with E-state index in [2.05, 4.69) is 20.9 Å². The number of nitrogens with zero attached hydrogens (tertiary/aromatic N) is 4. The standard InChI is InChI=1S/C37H40N6O7/c1-46-31-20-26(21-32(47-2)33(31)48-3)23-39-42-36(45)37(22-25-10-5-4-6-11-25)34(30-13-8-7-12-28(30)24-40-43-38)50-35(41-37)27-14-16-29(17-15-27)49-19-9-18-44/h4-8,10-17,20-21,34,39,44H,9,18-19,22-24H2,1-3H3,(H,42,45)/t34-,37-/m0/s1. The van der Waals surface area contributed by atoms with Crippen LogP contribution >= 0.6 is 0 Å². The molecule has 0 radical (unpaired) electrons. The Hall–Kier alpha value is -5.75. The summed E-state index contributed by atoms with van der Waals surface area (Å²) in [5.74, 6) is 1.89. The first kappa shape index (κ1) is 35.6. The molecule has 0 aromatic heterocycles. The molecule has 1 heterocycles. The van der Waals surface area contributed by atoms with Crippen molar-refractivity contribution >= 4 is 11.8 Å². The number of hydrogen-bond donors (Lipinski definition) is 3. The lowest BCUT2D eigenvalue weighted by atomic mass is 9.81. The summed E-state index contributed by atoms with van der Waals surface area (Å²) in [5, 5.41) is 12.9. The van der Waals surface area contributed by atoms with Gasteiger partial charge in [0, 0.05) is 36.5 Å². The van der Waals surface area contributed by atoms with Crippen molar-refractivity contribution in [2.75, 3.05) is 34.5 Å². The zero-order chi connectivity index (χ0) is 35.3. The van der Waals surface area contributed by atoms with Crippen molar-refractivity contribution < 1.29 is 33.6 Å². The van der Waals surface area contributed by atoms with Crippen LogP contribution in [0, 0.1) is 0 Å². The Labute approximate surface area is 290 Å². The van der Waals surface area contributed by atoms with E-state index in [4.69, 9.17) is 39.3 Å². The van der Waals surface area contributed by atoms with Crippen LogP contribution in [0.3, 0.4) is 0 Å². The van der Waals surface area contributed by atoms with Crippen LogP contribution < -0.4 is 29.8 Å². The summed E-state index contributed by atoms with van der Waals surface area (Å²) in [5.41, 5.74) is 17.2. The van der Waals surface area contributed by atoms with E-state index < -0.39 is 17.6 Å². The second kappa shape index (κ2) is 17.1. The third-order valence-electron chi connectivity index (χ3n) is 8.21. The van der Waals surface area contributed by atoms with E-state index in [1.54, 1.807) is 24.3 Å². The van der Waals surface area contributed by atoms with Crippen molar-refractivity contribution in [2.45, 2.75) is 37.6 Å². The van der Waals surface area contributed by atoms with E-state index in [9.17, 15) is 4.79 Å². The summed E-state index contributed by atoms with van der Waals surface area (Å²) in [6, 6.07) is 27.8. The topological polar surface area (TPSA) is 169 Å². The molecule has 13 nitrogen and oxygen atoms in total. The monoisotopic (exact) mass is 680 g/mol. The molecule has 4 aromatic rings. The number of carbonyl (C=O) groups excluding carboxylic acids is 1. The molecule has 0 fully saturated rings. The number of benzene rings is 4. The first-order valence-electron chi connectivity index (χ1n) is 16.0. The molecule has 2 atom stereocenters. The second-order valence-corrected chi connectivity index (χ2v) is 11.4. The van der Waals surface area contributed by atoms with Crippen molar-refractivity contribution in [1.29, 1.82) is 0 Å². The first-order chi connectivity index (χ1) is 24.5. The van der Waals surface area contributed by atoms with Gasteiger partial charge in [-0.15, -0.1) is 0 Å². The molecule has 0 bridgehead atoms. The van der Waals surface area contributed by atoms with Crippen LogP contribution in [0.4, 0.5) is 0 Å². The van der Waals surface area contributed by atoms with Gasteiger partial charge in [-0.05, 0) is 64.2 Å². The molecule has 0 saturated heterocycles. The van der Waals surface area contributed by atoms with Crippen molar-refractivity contribution in [3.63, 3.8) is 0 Å². The predicted molar refractivity (Wildman–Crippen MR) is 187 cm³/mol. The van der Waals surface area contributed by atoms with Gasteiger partial charge in [0.25, 0.3) is 5.91 Å². The average molecular weight is 681 g/mol. The fourth-order valence-corrected chi connectivity index (χ4v) is 5.78. The van der Waals surface area contributed by atoms with E-state index in [0.29, 0.717) is 52.7 Å². The number of ether oxygens (including phenoxy) is 5. The Morgan fingerprint density at radius 3 is 2.32 bits per heavy atom. The number of azide groups is 1. The van der Waals surface area contributed by atoms with Crippen LogP contribution in [0.2, 0.25) is 0 Å². The maximum Gasteiger partial charge on any atom is 0.266 e. The second-order valence-electron chi connectivity index (χ2n) is 11.4. The molecule has 13 heteroatoms. The van der Waals surface area contributed by atoms with E-state index in [0.717, 1.165) is 11.1 Å². The number of methoxy groups -OCH3 is 3. The minimum absolute atomic E-state index is 0.0359. The van der Waals surface area contributed by atoms with Crippen LogP contribution in [-0.4, -0.2) is 57.0 Å². The third kappa shape index (κ3) is 8.09. The number of rotatable bonds is 17. The zero-order valence-corrected chi connectivity index (χ0v) is 28.2. The summed E-state index contributed by atoms with van der Waals surface area (Å²) in [7, 11) is 4.61. The number of carbonyl (C=O) groups is 1. The van der Waals surface area contributed by atoms with E-state index in [-0.39, 0.29) is 32.0 Å². The average Bonchev–Trinajstić information content (AvgIpc) is 3.54. The van der Waals surface area contributed by atoms with Crippen LogP contribution in [0.25, 0.3) is 10.4 Å². The highest BCUT2D eigenvalue weighted by molar-refractivity contribution is 6.01. The molecule has 50 heavy (non-hydrogen) atoms. The number of amides is 1. The molecule has 0 aliphatic carbocycles. The minimum Gasteiger partial charge on any atom is -0.494 e. The Bertz CT molecular complexity index is 1810. The normalized spacial score (nSPS) is 16.4. The maximum absolute atomic E-state index is 14.6. The number of hydrazine groups is 1. The van der Waals surface area contributed by atoms with Gasteiger partial charge in [-0.2, -0.15) is 0 Å². The smallest absolute Gasteiger partial charge is 0.266 e. The highest BCUT2D eigenvalue weighted by atomic mass is 16.5. The van der Waals surface area contributed by atoms with E-state index >= 15 is 0 Å². The first-order valence-corrected chi connectivity index (χ1v) is 16.0. The molecule has 0 spiro atoms. The van der Waals surface area contributed by atoms with E-state index in [1.165, 1.54) is 21.3 Å². The Morgan fingerprint density at radius 1 is 0.960 bits per heavy atom. The van der Waals surface area contributed by atoms with Gasteiger partial charge >= 0.3 is 0 Å². The van der Waals surface area contributed by atoms with Gasteiger partial charge in [-0.1, -0.05) is 59.7 Å². The lowest BCUT2D eigenvalue weighted by Gasteiger charge is -2.32. The van der Waals surface area contributed by atoms with Gasteiger partial charge in [-0.25, -0.2) is 10.4 Å². The van der Waals surface area contributed by atoms with Gasteiger partial charge < -0.3 is 28.8 Å². The number of aliphatic hydroxyl groups is 1. The largest absolute Gasteiger partial charge is 0.494 e. The number of hydrogen-bond acceptors (Lipinski definition) is 10. The maximum atomic E-state index is 14.6. The summed E-state index contributed by atoms with van der Waals surface area (Å²) in [6.07, 6.45) is -0.192. The van der Waals surface area contributed by atoms with Gasteiger partial charge in [0.15, 0.2) is 23.1 Å². The van der Waals surface area contributed by atoms with Crippen LogP contribution in [0.15, 0.2) is 101 Å². The highest BCUT2D eigenvalue weighted by Crippen LogP contribution is 2.44. The lowest BCUT2D eigenvalue weighted by Crippen LogP contribution is -2.53. The van der Waals surface area contributed by atoms with Crippen LogP contribution in [0.5, 0.6) is 23.0 Å². The van der Waals surface area contributed by atoms with Gasteiger partial charge in [0.2, 0.25) is 11.6 Å². The summed E-state index contributed by atoms with van der Waals surface area (Å²) in [6.45, 7) is 0.691. The molecule has 1 aliphatic rings. The highest BCUT2D eigenvalue weighted by Gasteiger charge is 2.54. The summed E-state index contributed by atoms with van der Waals surface area (Å²) < 4.78 is 28.8. The molecule has 3 N–H and O–H groups in total. The fraction of sp³-hybridized carbons (Fsp3) is 0.297. The zero-order valence-electron chi connectivity index (χ0n) is 28.2. The molecular weight excluding hydrogens is 640 g/mol. The van der Waals surface area contributed by atoms with Crippen LogP contribution in [-0.2, 0) is 29.0 Å². The molecule has 260 valence electrons. The molecule has 1 aliphatic heterocycles. The molecule has 1 amide bonds. The summed E-state index contributed by atoms with van der Waals surface area (Å²) >= 11 is 0. The predicted octanol–water partition coefficient (Wildman–Crippen LogP) is 5.60. The number of nitrogens with one attached hydrogen (secondary N) is 2. The molecule has 5 rings (SSSR count). The molecule has 0 saturated carbocycles. The SMILES string of the molecule is COc1cc(CNNC(=O)[C@@]2(Cc3ccccc3)N=C(c3ccc(OCCCO)cc3)O[C@H]2c2ccccc2CN=[N+]=[N-])cc(OC)c1OC. The van der Waals surface area contributed by atoms with Gasteiger partial charge in [-0.3, -0.25) is 10.2 Å². The number of aliphatic imine (C=N–C) groups is 1.